The third kappa shape index (κ3) is 3.70. The van der Waals surface area contributed by atoms with Crippen molar-refractivity contribution in [2.75, 3.05) is 0 Å². The zero-order chi connectivity index (χ0) is 15.7. The van der Waals surface area contributed by atoms with Gasteiger partial charge in [0, 0.05) is 0 Å². The largest absolute Gasteiger partial charge is 0.416 e. The first-order valence-corrected chi connectivity index (χ1v) is 6.93. The van der Waals surface area contributed by atoms with E-state index in [1.54, 1.807) is 0 Å². The molecule has 112 valence electrons. The predicted molar refractivity (Wildman–Crippen MR) is 65.2 cm³/mol. The molecule has 0 spiro atoms. The van der Waals surface area contributed by atoms with Gasteiger partial charge in [-0.15, -0.1) is 0 Å². The fraction of sp³-hybridized carbons (Fsp3) is 0.364. The summed E-state index contributed by atoms with van der Waals surface area (Å²) in [5.74, 6) is -0.934. The van der Waals surface area contributed by atoms with E-state index in [-0.39, 0.29) is 5.56 Å². The molecular formula is C11H13F3N2O3S. The van der Waals surface area contributed by atoms with E-state index in [2.05, 4.69) is 0 Å². The van der Waals surface area contributed by atoms with Gasteiger partial charge in [-0.05, 0) is 31.5 Å². The number of halogens is 3. The molecular weight excluding hydrogens is 297 g/mol. The fourth-order valence-corrected chi connectivity index (χ4v) is 2.67. The quantitative estimate of drug-likeness (QED) is 0.874. The number of nitrogens with one attached hydrogen (secondary N) is 1. The number of benzene rings is 1. The van der Waals surface area contributed by atoms with Gasteiger partial charge in [0.15, 0.2) is 0 Å². The van der Waals surface area contributed by atoms with Crippen LogP contribution in [0.5, 0.6) is 0 Å². The van der Waals surface area contributed by atoms with Crippen LogP contribution in [0.4, 0.5) is 13.2 Å². The van der Waals surface area contributed by atoms with E-state index in [0.717, 1.165) is 12.1 Å². The van der Waals surface area contributed by atoms with E-state index in [1.165, 1.54) is 13.8 Å². The summed E-state index contributed by atoms with van der Waals surface area (Å²) in [6.45, 7) is 2.41. The molecule has 0 unspecified atom stereocenters. The monoisotopic (exact) mass is 310 g/mol. The summed E-state index contributed by atoms with van der Waals surface area (Å²) in [4.78, 5) is 10.2. The number of alkyl halides is 3. The Morgan fingerprint density at radius 1 is 1.35 bits per heavy atom. The van der Waals surface area contributed by atoms with Gasteiger partial charge < -0.3 is 5.73 Å². The highest BCUT2D eigenvalue weighted by atomic mass is 32.2. The number of amides is 1. The molecule has 1 aromatic rings. The van der Waals surface area contributed by atoms with Crippen LogP contribution in [0.25, 0.3) is 0 Å². The average molecular weight is 310 g/mol. The van der Waals surface area contributed by atoms with Gasteiger partial charge in [-0.1, -0.05) is 6.07 Å². The van der Waals surface area contributed by atoms with Crippen molar-refractivity contribution in [3.63, 3.8) is 0 Å². The second-order valence-corrected chi connectivity index (χ2v) is 5.93. The minimum Gasteiger partial charge on any atom is -0.368 e. The molecule has 1 atom stereocenters. The molecule has 1 amide bonds. The fourth-order valence-electron chi connectivity index (χ4n) is 1.43. The second kappa shape index (κ2) is 5.41. The van der Waals surface area contributed by atoms with Crippen LogP contribution in [-0.2, 0) is 21.0 Å². The first-order valence-electron chi connectivity index (χ1n) is 5.44. The lowest BCUT2D eigenvalue weighted by molar-refractivity contribution is -0.138. The van der Waals surface area contributed by atoms with E-state index < -0.39 is 38.6 Å². The second-order valence-electron chi connectivity index (χ2n) is 4.22. The van der Waals surface area contributed by atoms with Crippen molar-refractivity contribution < 1.29 is 26.4 Å². The molecule has 0 aromatic heterocycles. The lowest BCUT2D eigenvalue weighted by Gasteiger charge is -2.14. The minimum atomic E-state index is -4.66. The van der Waals surface area contributed by atoms with Crippen molar-refractivity contribution >= 4 is 15.9 Å². The van der Waals surface area contributed by atoms with E-state index in [4.69, 9.17) is 5.73 Å². The number of sulfonamides is 1. The summed E-state index contributed by atoms with van der Waals surface area (Å²) in [6, 6.07) is 1.37. The van der Waals surface area contributed by atoms with Gasteiger partial charge in [-0.3, -0.25) is 4.79 Å². The Balaban J connectivity index is 3.24. The first-order chi connectivity index (χ1) is 8.95. The highest BCUT2D eigenvalue weighted by Crippen LogP contribution is 2.33. The molecule has 0 fully saturated rings. The molecule has 0 aliphatic rings. The van der Waals surface area contributed by atoms with E-state index >= 15 is 0 Å². The normalized spacial score (nSPS) is 14.1. The zero-order valence-electron chi connectivity index (χ0n) is 10.7. The molecule has 0 radical (unpaired) electrons. The van der Waals surface area contributed by atoms with Crippen LogP contribution < -0.4 is 10.5 Å². The molecule has 0 saturated carbocycles. The van der Waals surface area contributed by atoms with Crippen LogP contribution >= 0.6 is 0 Å². The Labute approximate surface area is 114 Å². The molecule has 1 aromatic carbocycles. The molecule has 1 rings (SSSR count). The number of carbonyl (C=O) groups excluding carboxylic acids is 1. The SMILES string of the molecule is Cc1ccc(S(=O)(=O)N[C@@H](C)C(N)=O)cc1C(F)(F)F. The first kappa shape index (κ1) is 16.4. The van der Waals surface area contributed by atoms with Crippen LogP contribution in [-0.4, -0.2) is 20.4 Å². The summed E-state index contributed by atoms with van der Waals surface area (Å²) in [5.41, 5.74) is 3.75. The number of primary amides is 1. The molecule has 0 saturated heterocycles. The molecule has 5 nitrogen and oxygen atoms in total. The van der Waals surface area contributed by atoms with Crippen LogP contribution in [0.15, 0.2) is 23.1 Å². The van der Waals surface area contributed by atoms with E-state index in [9.17, 15) is 26.4 Å². The van der Waals surface area contributed by atoms with E-state index in [0.29, 0.717) is 6.07 Å². The molecule has 0 aliphatic carbocycles. The summed E-state index contributed by atoms with van der Waals surface area (Å²) in [5, 5.41) is 0. The Kier molecular flexibility index (Phi) is 4.45. The Bertz CT molecular complexity index is 626. The molecule has 20 heavy (non-hydrogen) atoms. The summed E-state index contributed by atoms with van der Waals surface area (Å²) < 4.78 is 63.8. The molecule has 9 heteroatoms. The summed E-state index contributed by atoms with van der Waals surface area (Å²) in [7, 11) is -4.25. The van der Waals surface area contributed by atoms with Crippen molar-refractivity contribution in [3.8, 4) is 0 Å². The van der Waals surface area contributed by atoms with Gasteiger partial charge in [-0.2, -0.15) is 17.9 Å². The highest BCUT2D eigenvalue weighted by Gasteiger charge is 2.34. The van der Waals surface area contributed by atoms with Crippen molar-refractivity contribution in [1.29, 1.82) is 0 Å². The van der Waals surface area contributed by atoms with Crippen LogP contribution in [0, 0.1) is 6.92 Å². The van der Waals surface area contributed by atoms with Crippen molar-refractivity contribution in [3.05, 3.63) is 29.3 Å². The van der Waals surface area contributed by atoms with Gasteiger partial charge in [0.25, 0.3) is 0 Å². The summed E-state index contributed by atoms with van der Waals surface area (Å²) >= 11 is 0. The van der Waals surface area contributed by atoms with Gasteiger partial charge in [0.1, 0.15) is 0 Å². The lowest BCUT2D eigenvalue weighted by Crippen LogP contribution is -2.42. The van der Waals surface area contributed by atoms with Gasteiger partial charge in [-0.25, -0.2) is 8.42 Å². The van der Waals surface area contributed by atoms with Gasteiger partial charge in [0.2, 0.25) is 15.9 Å². The molecule has 0 aliphatic heterocycles. The average Bonchev–Trinajstić information content (AvgIpc) is 2.26. The Hall–Kier alpha value is -1.61. The maximum absolute atomic E-state index is 12.7. The van der Waals surface area contributed by atoms with Crippen molar-refractivity contribution in [2.45, 2.75) is 31.0 Å². The lowest BCUT2D eigenvalue weighted by atomic mass is 10.1. The van der Waals surface area contributed by atoms with Crippen LogP contribution in [0.1, 0.15) is 18.1 Å². The maximum Gasteiger partial charge on any atom is 0.416 e. The number of hydrogen-bond donors (Lipinski definition) is 2. The number of carbonyl (C=O) groups is 1. The smallest absolute Gasteiger partial charge is 0.368 e. The molecule has 0 heterocycles. The number of nitrogens with two attached hydrogens (primary N) is 1. The third-order valence-electron chi connectivity index (χ3n) is 2.58. The Morgan fingerprint density at radius 2 is 1.90 bits per heavy atom. The topological polar surface area (TPSA) is 89.3 Å². The van der Waals surface area contributed by atoms with E-state index in [1.807, 2.05) is 4.72 Å². The number of hydrogen-bond acceptors (Lipinski definition) is 3. The molecule has 0 bridgehead atoms. The minimum absolute atomic E-state index is 0.0978. The van der Waals surface area contributed by atoms with Crippen LogP contribution in [0.2, 0.25) is 0 Å². The molecule has 3 N–H and O–H groups in total. The van der Waals surface area contributed by atoms with Gasteiger partial charge in [0.05, 0.1) is 16.5 Å². The number of aryl methyl sites for hydroxylation is 1. The summed E-state index contributed by atoms with van der Waals surface area (Å²) in [6.07, 6.45) is -4.66. The highest BCUT2D eigenvalue weighted by molar-refractivity contribution is 7.89. The maximum atomic E-state index is 12.7. The standard InChI is InChI=1S/C11H13F3N2O3S/c1-6-3-4-8(5-9(6)11(12,13)14)20(18,19)16-7(2)10(15)17/h3-5,7,16H,1-2H3,(H2,15,17)/t7-/m0/s1. The van der Waals surface area contributed by atoms with Gasteiger partial charge >= 0.3 is 6.18 Å². The van der Waals surface area contributed by atoms with Crippen LogP contribution in [0.3, 0.4) is 0 Å². The predicted octanol–water partition coefficient (Wildman–Crippen LogP) is 1.17. The number of rotatable bonds is 4. The van der Waals surface area contributed by atoms with Crippen molar-refractivity contribution in [2.24, 2.45) is 5.73 Å². The third-order valence-corrected chi connectivity index (χ3v) is 4.12. The van der Waals surface area contributed by atoms with Crippen molar-refractivity contribution in [1.82, 2.24) is 4.72 Å². The zero-order valence-corrected chi connectivity index (χ0v) is 11.5. The Morgan fingerprint density at radius 3 is 2.35 bits per heavy atom.